The van der Waals surface area contributed by atoms with Crippen LogP contribution in [0, 0.1) is 0 Å². The first-order valence-corrected chi connectivity index (χ1v) is 8.06. The summed E-state index contributed by atoms with van der Waals surface area (Å²) < 4.78 is 27.9. The summed E-state index contributed by atoms with van der Waals surface area (Å²) in [6, 6.07) is 13.2. The van der Waals surface area contributed by atoms with Crippen molar-refractivity contribution in [3.8, 4) is 5.75 Å². The molecule has 0 aliphatic carbocycles. The van der Waals surface area contributed by atoms with Crippen molar-refractivity contribution < 1.29 is 13.2 Å². The van der Waals surface area contributed by atoms with Gasteiger partial charge in [-0.1, -0.05) is 23.7 Å². The third kappa shape index (κ3) is 4.13. The quantitative estimate of drug-likeness (QED) is 0.805. The smallest absolute Gasteiger partial charge is 0.261 e. The molecule has 0 fully saturated rings. The zero-order valence-corrected chi connectivity index (χ0v) is 12.0. The van der Waals surface area contributed by atoms with E-state index in [-0.39, 0.29) is 11.5 Å². The Kier molecular flexibility index (Phi) is 4.34. The first-order chi connectivity index (χ1) is 8.95. The maximum atomic E-state index is 11.2. The van der Waals surface area contributed by atoms with E-state index in [2.05, 4.69) is 0 Å². The van der Waals surface area contributed by atoms with Crippen LogP contribution >= 0.6 is 22.3 Å². The lowest BCUT2D eigenvalue weighted by molar-refractivity contribution is 0.306. The largest absolute Gasteiger partial charge is 0.489 e. The number of benzene rings is 2. The molecule has 0 aromatic heterocycles. The van der Waals surface area contributed by atoms with Crippen molar-refractivity contribution in [3.63, 3.8) is 0 Å². The summed E-state index contributed by atoms with van der Waals surface area (Å²) in [5, 5.41) is 0.627. The van der Waals surface area contributed by atoms with Crippen molar-refractivity contribution >= 4 is 31.3 Å². The van der Waals surface area contributed by atoms with Crippen LogP contribution < -0.4 is 4.74 Å². The van der Waals surface area contributed by atoms with Gasteiger partial charge in [0.2, 0.25) is 0 Å². The zero-order chi connectivity index (χ0) is 13.9. The van der Waals surface area contributed by atoms with Gasteiger partial charge in [-0.2, -0.15) is 0 Å². The van der Waals surface area contributed by atoms with Crippen molar-refractivity contribution in [2.75, 3.05) is 0 Å². The van der Waals surface area contributed by atoms with Crippen LogP contribution in [-0.2, 0) is 15.7 Å². The summed E-state index contributed by atoms with van der Waals surface area (Å²) in [5.74, 6) is 0.656. The van der Waals surface area contributed by atoms with Crippen molar-refractivity contribution in [1.29, 1.82) is 0 Å². The minimum absolute atomic E-state index is 0.0615. The standard InChI is InChI=1S/C13H10Cl2O3S/c14-11-4-6-12(7-5-11)18-9-10-2-1-3-13(8-10)19(15,16)17/h1-8H,9H2. The van der Waals surface area contributed by atoms with Crippen LogP contribution in [0.1, 0.15) is 5.56 Å². The minimum atomic E-state index is -3.71. The lowest BCUT2D eigenvalue weighted by atomic mass is 10.2. The number of ether oxygens (including phenoxy) is 1. The molecule has 0 aliphatic rings. The van der Waals surface area contributed by atoms with Crippen LogP contribution in [0.3, 0.4) is 0 Å². The van der Waals surface area contributed by atoms with Gasteiger partial charge in [-0.05, 0) is 42.0 Å². The summed E-state index contributed by atoms with van der Waals surface area (Å²) in [7, 11) is 1.57. The van der Waals surface area contributed by atoms with Gasteiger partial charge in [0, 0.05) is 15.7 Å². The molecule has 0 atom stereocenters. The first kappa shape index (κ1) is 14.2. The molecule has 2 aromatic rings. The van der Waals surface area contributed by atoms with E-state index in [9.17, 15) is 8.42 Å². The van der Waals surface area contributed by atoms with Crippen LogP contribution in [0.5, 0.6) is 5.75 Å². The lowest BCUT2D eigenvalue weighted by Gasteiger charge is -2.07. The second-order valence-corrected chi connectivity index (χ2v) is 6.83. The molecule has 19 heavy (non-hydrogen) atoms. The molecular weight excluding hydrogens is 307 g/mol. The van der Waals surface area contributed by atoms with E-state index in [1.54, 1.807) is 36.4 Å². The summed E-state index contributed by atoms with van der Waals surface area (Å²) in [6.07, 6.45) is 0. The topological polar surface area (TPSA) is 43.4 Å². The van der Waals surface area contributed by atoms with Gasteiger partial charge in [-0.15, -0.1) is 0 Å². The first-order valence-electron chi connectivity index (χ1n) is 5.37. The van der Waals surface area contributed by atoms with E-state index in [0.29, 0.717) is 10.8 Å². The van der Waals surface area contributed by atoms with E-state index in [4.69, 9.17) is 27.0 Å². The van der Waals surface area contributed by atoms with Crippen LogP contribution in [-0.4, -0.2) is 8.42 Å². The number of halogens is 2. The predicted octanol–water partition coefficient (Wildman–Crippen LogP) is 3.85. The summed E-state index contributed by atoms with van der Waals surface area (Å²) >= 11 is 5.76. The van der Waals surface area contributed by atoms with Gasteiger partial charge in [0.1, 0.15) is 12.4 Å². The van der Waals surface area contributed by atoms with Crippen LogP contribution in [0.25, 0.3) is 0 Å². The minimum Gasteiger partial charge on any atom is -0.489 e. The molecule has 0 unspecified atom stereocenters. The Labute approximate surface area is 121 Å². The number of hydrogen-bond acceptors (Lipinski definition) is 3. The molecule has 0 aliphatic heterocycles. The number of rotatable bonds is 4. The fourth-order valence-corrected chi connectivity index (χ4v) is 2.43. The van der Waals surface area contributed by atoms with E-state index in [0.717, 1.165) is 5.56 Å². The van der Waals surface area contributed by atoms with Gasteiger partial charge in [-0.3, -0.25) is 0 Å². The van der Waals surface area contributed by atoms with Gasteiger partial charge >= 0.3 is 0 Å². The normalized spacial score (nSPS) is 11.3. The molecule has 0 heterocycles. The average molecular weight is 317 g/mol. The molecule has 2 rings (SSSR count). The molecule has 0 bridgehead atoms. The predicted molar refractivity (Wildman–Crippen MR) is 75.3 cm³/mol. The van der Waals surface area contributed by atoms with Crippen LogP contribution in [0.15, 0.2) is 53.4 Å². The fraction of sp³-hybridized carbons (Fsp3) is 0.0769. The Balaban J connectivity index is 2.10. The Bertz CT molecular complexity index is 667. The molecule has 0 amide bonds. The van der Waals surface area contributed by atoms with Crippen molar-refractivity contribution in [2.45, 2.75) is 11.5 Å². The fourth-order valence-electron chi connectivity index (χ4n) is 1.48. The Morgan fingerprint density at radius 1 is 1.05 bits per heavy atom. The monoisotopic (exact) mass is 316 g/mol. The lowest BCUT2D eigenvalue weighted by Crippen LogP contribution is -1.97. The maximum absolute atomic E-state index is 11.2. The van der Waals surface area contributed by atoms with Gasteiger partial charge < -0.3 is 4.74 Å². The molecule has 100 valence electrons. The third-order valence-electron chi connectivity index (χ3n) is 2.40. The van der Waals surface area contributed by atoms with Crippen molar-refractivity contribution in [3.05, 3.63) is 59.1 Å². The molecule has 0 saturated heterocycles. The summed E-state index contributed by atoms with van der Waals surface area (Å²) in [4.78, 5) is 0.0615. The van der Waals surface area contributed by atoms with E-state index >= 15 is 0 Å². The third-order valence-corrected chi connectivity index (χ3v) is 4.00. The number of hydrogen-bond donors (Lipinski definition) is 0. The second kappa shape index (κ2) is 5.82. The van der Waals surface area contributed by atoms with E-state index in [1.165, 1.54) is 12.1 Å². The van der Waals surface area contributed by atoms with E-state index in [1.807, 2.05) is 0 Å². The Hall–Kier alpha value is -1.23. The molecule has 0 N–H and O–H groups in total. The van der Waals surface area contributed by atoms with Crippen LogP contribution in [0.4, 0.5) is 0 Å². The molecule has 0 saturated carbocycles. The second-order valence-electron chi connectivity index (χ2n) is 3.83. The highest BCUT2D eigenvalue weighted by Gasteiger charge is 2.10. The summed E-state index contributed by atoms with van der Waals surface area (Å²) in [5.41, 5.74) is 0.719. The average Bonchev–Trinajstić information content (AvgIpc) is 2.37. The van der Waals surface area contributed by atoms with Gasteiger partial charge in [-0.25, -0.2) is 8.42 Å². The highest BCUT2D eigenvalue weighted by Crippen LogP contribution is 2.19. The molecule has 0 spiro atoms. The Morgan fingerprint density at radius 3 is 2.37 bits per heavy atom. The maximum Gasteiger partial charge on any atom is 0.261 e. The van der Waals surface area contributed by atoms with Gasteiger partial charge in [0.15, 0.2) is 0 Å². The molecule has 3 nitrogen and oxygen atoms in total. The summed E-state index contributed by atoms with van der Waals surface area (Å²) in [6.45, 7) is 0.252. The molecular formula is C13H10Cl2O3S. The Morgan fingerprint density at radius 2 is 1.74 bits per heavy atom. The van der Waals surface area contributed by atoms with Crippen molar-refractivity contribution in [2.24, 2.45) is 0 Å². The zero-order valence-electron chi connectivity index (χ0n) is 9.71. The highest BCUT2D eigenvalue weighted by atomic mass is 35.7. The molecule has 6 heteroatoms. The SMILES string of the molecule is O=S(=O)(Cl)c1cccc(COc2ccc(Cl)cc2)c1. The van der Waals surface area contributed by atoms with Crippen molar-refractivity contribution in [1.82, 2.24) is 0 Å². The van der Waals surface area contributed by atoms with Crippen LogP contribution in [0.2, 0.25) is 5.02 Å². The van der Waals surface area contributed by atoms with Gasteiger partial charge in [0.25, 0.3) is 9.05 Å². The molecule has 0 radical (unpaired) electrons. The molecule has 2 aromatic carbocycles. The highest BCUT2D eigenvalue weighted by molar-refractivity contribution is 8.13. The van der Waals surface area contributed by atoms with E-state index < -0.39 is 9.05 Å². The van der Waals surface area contributed by atoms with Gasteiger partial charge in [0.05, 0.1) is 4.90 Å².